The molecule has 0 saturated carbocycles. The average molecular weight is 384 g/mol. The van der Waals surface area contributed by atoms with Crippen molar-refractivity contribution in [2.75, 3.05) is 5.32 Å². The first kappa shape index (κ1) is 20.1. The topological polar surface area (TPSA) is 58.2 Å². The molecule has 0 aliphatic rings. The van der Waals surface area contributed by atoms with Crippen molar-refractivity contribution in [1.82, 2.24) is 5.32 Å². The fourth-order valence-corrected chi connectivity index (χ4v) is 2.91. The average Bonchev–Trinajstić information content (AvgIpc) is 2.74. The van der Waals surface area contributed by atoms with Crippen LogP contribution in [0.25, 0.3) is 6.08 Å². The molecule has 0 radical (unpaired) electrons. The van der Waals surface area contributed by atoms with E-state index in [2.05, 4.69) is 10.6 Å². The van der Waals surface area contributed by atoms with E-state index in [9.17, 15) is 9.59 Å². The number of anilines is 1. The predicted molar refractivity (Wildman–Crippen MR) is 118 cm³/mol. The zero-order valence-electron chi connectivity index (χ0n) is 16.6. The number of amides is 2. The fraction of sp³-hybridized carbons (Fsp3) is 0.120. The van der Waals surface area contributed by atoms with Crippen LogP contribution in [0.5, 0.6) is 0 Å². The van der Waals surface area contributed by atoms with E-state index in [-0.39, 0.29) is 17.9 Å². The molecule has 0 heterocycles. The normalized spacial score (nSPS) is 11.8. The quantitative estimate of drug-likeness (QED) is 0.578. The van der Waals surface area contributed by atoms with Gasteiger partial charge in [0.25, 0.3) is 5.91 Å². The molecule has 4 nitrogen and oxygen atoms in total. The van der Waals surface area contributed by atoms with E-state index in [1.807, 2.05) is 68.4 Å². The summed E-state index contributed by atoms with van der Waals surface area (Å²) in [6.07, 6.45) is 3.21. The first-order valence-corrected chi connectivity index (χ1v) is 9.53. The lowest BCUT2D eigenvalue weighted by Gasteiger charge is -2.16. The maximum atomic E-state index is 12.8. The van der Waals surface area contributed by atoms with Crippen molar-refractivity contribution in [3.63, 3.8) is 0 Å². The molecule has 0 saturated heterocycles. The maximum absolute atomic E-state index is 12.8. The minimum Gasteiger partial charge on any atom is -0.345 e. The maximum Gasteiger partial charge on any atom is 0.253 e. The van der Waals surface area contributed by atoms with Gasteiger partial charge in [-0.1, -0.05) is 72.3 Å². The van der Waals surface area contributed by atoms with Gasteiger partial charge in [0.1, 0.15) is 0 Å². The largest absolute Gasteiger partial charge is 0.345 e. The molecular weight excluding hydrogens is 360 g/mol. The van der Waals surface area contributed by atoms with E-state index in [4.69, 9.17) is 0 Å². The Morgan fingerprint density at radius 2 is 1.52 bits per heavy atom. The molecule has 3 rings (SSSR count). The summed E-state index contributed by atoms with van der Waals surface area (Å²) in [5.41, 5.74) is 4.02. The molecule has 2 N–H and O–H groups in total. The van der Waals surface area contributed by atoms with E-state index in [1.54, 1.807) is 30.3 Å². The van der Waals surface area contributed by atoms with Crippen LogP contribution in [-0.2, 0) is 4.79 Å². The number of benzene rings is 3. The third-order valence-corrected chi connectivity index (χ3v) is 4.58. The molecule has 0 bridgehead atoms. The number of carbonyl (C=O) groups excluding carboxylic acids is 2. The summed E-state index contributed by atoms with van der Waals surface area (Å²) in [5, 5.41) is 5.78. The smallest absolute Gasteiger partial charge is 0.253 e. The lowest BCUT2D eigenvalue weighted by molar-refractivity contribution is -0.111. The molecule has 4 heteroatoms. The Kier molecular flexibility index (Phi) is 6.59. The molecule has 0 spiro atoms. The Morgan fingerprint density at radius 3 is 2.24 bits per heavy atom. The number of rotatable bonds is 6. The van der Waals surface area contributed by atoms with Gasteiger partial charge in [0.15, 0.2) is 0 Å². The molecule has 29 heavy (non-hydrogen) atoms. The van der Waals surface area contributed by atoms with Crippen LogP contribution < -0.4 is 10.6 Å². The molecule has 146 valence electrons. The van der Waals surface area contributed by atoms with E-state index in [0.29, 0.717) is 11.3 Å². The second-order valence-electron chi connectivity index (χ2n) is 6.88. The van der Waals surface area contributed by atoms with Gasteiger partial charge in [-0.05, 0) is 43.2 Å². The van der Waals surface area contributed by atoms with Crippen molar-refractivity contribution in [3.05, 3.63) is 107 Å². The van der Waals surface area contributed by atoms with E-state index in [1.165, 1.54) is 6.08 Å². The van der Waals surface area contributed by atoms with Crippen LogP contribution in [0, 0.1) is 6.92 Å². The van der Waals surface area contributed by atoms with Crippen LogP contribution >= 0.6 is 0 Å². The molecule has 0 unspecified atom stereocenters. The SMILES string of the molecule is Cc1ccc(/C=C/C(=O)Nc2ccccc2C(=O)N[C@H](C)c2ccccc2)cc1. The highest BCUT2D eigenvalue weighted by atomic mass is 16.2. The van der Waals surface area contributed by atoms with Crippen LogP contribution in [0.1, 0.15) is 40.0 Å². The summed E-state index contributed by atoms with van der Waals surface area (Å²) < 4.78 is 0. The van der Waals surface area contributed by atoms with E-state index < -0.39 is 0 Å². The Morgan fingerprint density at radius 1 is 0.862 bits per heavy atom. The predicted octanol–water partition coefficient (Wildman–Crippen LogP) is 5.14. The van der Waals surface area contributed by atoms with Gasteiger partial charge in [-0.3, -0.25) is 9.59 Å². The first-order chi connectivity index (χ1) is 14.0. The Bertz CT molecular complexity index is 1010. The zero-order chi connectivity index (χ0) is 20.6. The Hall–Kier alpha value is -3.66. The van der Waals surface area contributed by atoms with E-state index in [0.717, 1.165) is 16.7 Å². The minimum absolute atomic E-state index is 0.145. The summed E-state index contributed by atoms with van der Waals surface area (Å²) >= 11 is 0. The van der Waals surface area contributed by atoms with Crippen molar-refractivity contribution < 1.29 is 9.59 Å². The second kappa shape index (κ2) is 9.51. The number of para-hydroxylation sites is 1. The highest BCUT2D eigenvalue weighted by Gasteiger charge is 2.15. The standard InChI is InChI=1S/C25H24N2O2/c1-18-12-14-20(15-13-18)16-17-24(28)27-23-11-7-6-10-22(23)25(29)26-19(2)21-8-4-3-5-9-21/h3-17,19H,1-2H3,(H,26,29)(H,27,28)/b17-16+/t19-/m1/s1. The highest BCUT2D eigenvalue weighted by molar-refractivity contribution is 6.07. The number of hydrogen-bond donors (Lipinski definition) is 2. The Labute approximate surface area is 171 Å². The molecular formula is C25H24N2O2. The second-order valence-corrected chi connectivity index (χ2v) is 6.88. The summed E-state index contributed by atoms with van der Waals surface area (Å²) in [6, 6.07) is 24.5. The van der Waals surface area contributed by atoms with E-state index >= 15 is 0 Å². The van der Waals surface area contributed by atoms with Crippen molar-refractivity contribution >= 4 is 23.6 Å². The summed E-state index contributed by atoms with van der Waals surface area (Å²) in [5.74, 6) is -0.526. The van der Waals surface area contributed by atoms with Crippen LogP contribution in [-0.4, -0.2) is 11.8 Å². The summed E-state index contributed by atoms with van der Waals surface area (Å²) in [6.45, 7) is 3.94. The molecule has 0 aliphatic heterocycles. The van der Waals surface area contributed by atoms with Gasteiger partial charge in [0, 0.05) is 6.08 Å². The molecule has 0 aliphatic carbocycles. The van der Waals surface area contributed by atoms with Crippen molar-refractivity contribution in [1.29, 1.82) is 0 Å². The Balaban J connectivity index is 1.68. The lowest BCUT2D eigenvalue weighted by atomic mass is 10.1. The minimum atomic E-state index is -0.290. The van der Waals surface area contributed by atoms with Crippen molar-refractivity contribution in [2.45, 2.75) is 19.9 Å². The molecule has 0 aromatic heterocycles. The summed E-state index contributed by atoms with van der Waals surface area (Å²) in [4.78, 5) is 25.1. The number of hydrogen-bond acceptors (Lipinski definition) is 2. The molecule has 1 atom stereocenters. The fourth-order valence-electron chi connectivity index (χ4n) is 2.91. The van der Waals surface area contributed by atoms with Crippen molar-refractivity contribution in [3.8, 4) is 0 Å². The number of carbonyl (C=O) groups is 2. The van der Waals surface area contributed by atoms with Gasteiger partial charge in [-0.25, -0.2) is 0 Å². The third-order valence-electron chi connectivity index (χ3n) is 4.58. The van der Waals surface area contributed by atoms with Crippen LogP contribution in [0.15, 0.2) is 84.9 Å². The van der Waals surface area contributed by atoms with Crippen molar-refractivity contribution in [2.24, 2.45) is 0 Å². The first-order valence-electron chi connectivity index (χ1n) is 9.53. The van der Waals surface area contributed by atoms with Gasteiger partial charge in [0.2, 0.25) is 5.91 Å². The zero-order valence-corrected chi connectivity index (χ0v) is 16.6. The van der Waals surface area contributed by atoms with Gasteiger partial charge in [-0.2, -0.15) is 0 Å². The third kappa shape index (κ3) is 5.66. The molecule has 3 aromatic carbocycles. The highest BCUT2D eigenvalue weighted by Crippen LogP contribution is 2.18. The monoisotopic (exact) mass is 384 g/mol. The molecule has 2 amide bonds. The van der Waals surface area contributed by atoms with Gasteiger partial charge in [0.05, 0.1) is 17.3 Å². The molecule has 3 aromatic rings. The van der Waals surface area contributed by atoms with Gasteiger partial charge in [-0.15, -0.1) is 0 Å². The summed E-state index contributed by atoms with van der Waals surface area (Å²) in [7, 11) is 0. The van der Waals surface area contributed by atoms with Crippen LogP contribution in [0.3, 0.4) is 0 Å². The van der Waals surface area contributed by atoms with Crippen LogP contribution in [0.2, 0.25) is 0 Å². The molecule has 0 fully saturated rings. The van der Waals surface area contributed by atoms with Crippen LogP contribution in [0.4, 0.5) is 5.69 Å². The lowest BCUT2D eigenvalue weighted by Crippen LogP contribution is -2.27. The number of nitrogens with one attached hydrogen (secondary N) is 2. The van der Waals surface area contributed by atoms with Gasteiger partial charge < -0.3 is 10.6 Å². The number of aryl methyl sites for hydroxylation is 1. The van der Waals surface area contributed by atoms with Gasteiger partial charge >= 0.3 is 0 Å².